The molecule has 0 bridgehead atoms. The standard InChI is InChI=1S/C21H25BrN4O3/c1-20(2,3)29-19(28)25-10-15-16(11-25)17(15)18(27)26-21(4,23-26)12-7-14-6-5-13(22)9-24(14)8-12/h5-9,15-17,23H,10-11H2,1-4H3/t15-,16+,17?,21?,26?. The van der Waals surface area contributed by atoms with Crippen LogP contribution >= 0.6 is 15.9 Å². The van der Waals surface area contributed by atoms with Crippen LogP contribution in [-0.2, 0) is 15.2 Å². The van der Waals surface area contributed by atoms with Gasteiger partial charge in [-0.05, 0) is 73.7 Å². The molecule has 0 radical (unpaired) electrons. The van der Waals surface area contributed by atoms with E-state index in [0.717, 1.165) is 15.6 Å². The predicted molar refractivity (Wildman–Crippen MR) is 111 cm³/mol. The van der Waals surface area contributed by atoms with Crippen LogP contribution in [0.25, 0.3) is 5.52 Å². The molecule has 1 N–H and O–H groups in total. The fourth-order valence-corrected chi connectivity index (χ4v) is 4.88. The summed E-state index contributed by atoms with van der Waals surface area (Å²) in [5.41, 5.74) is 4.44. The summed E-state index contributed by atoms with van der Waals surface area (Å²) < 4.78 is 8.51. The number of likely N-dealkylation sites (tertiary alicyclic amines) is 1. The molecular weight excluding hydrogens is 436 g/mol. The van der Waals surface area contributed by atoms with Crippen LogP contribution < -0.4 is 5.43 Å². The average molecular weight is 461 g/mol. The zero-order valence-corrected chi connectivity index (χ0v) is 18.6. The Morgan fingerprint density at radius 1 is 1.21 bits per heavy atom. The maximum Gasteiger partial charge on any atom is 0.410 e. The van der Waals surface area contributed by atoms with Crippen molar-refractivity contribution in [2.45, 2.75) is 39.0 Å². The fraction of sp³-hybridized carbons (Fsp3) is 0.524. The van der Waals surface area contributed by atoms with Crippen molar-refractivity contribution in [2.75, 3.05) is 13.1 Å². The van der Waals surface area contributed by atoms with Gasteiger partial charge in [-0.1, -0.05) is 0 Å². The molecule has 2 aliphatic heterocycles. The molecule has 7 nitrogen and oxygen atoms in total. The highest BCUT2D eigenvalue weighted by molar-refractivity contribution is 9.10. The second-order valence-electron chi connectivity index (χ2n) is 9.50. The fourth-order valence-electron chi connectivity index (χ4n) is 4.53. The molecule has 2 aromatic rings. The minimum Gasteiger partial charge on any atom is -0.444 e. The summed E-state index contributed by atoms with van der Waals surface area (Å²) in [6.07, 6.45) is 3.78. The minimum atomic E-state index is -0.499. The van der Waals surface area contributed by atoms with E-state index in [1.54, 1.807) is 9.91 Å². The van der Waals surface area contributed by atoms with Crippen LogP contribution in [0, 0.1) is 17.8 Å². The smallest absolute Gasteiger partial charge is 0.410 e. The van der Waals surface area contributed by atoms with Gasteiger partial charge in [-0.2, -0.15) is 5.43 Å². The van der Waals surface area contributed by atoms with Crippen LogP contribution in [0.4, 0.5) is 4.79 Å². The van der Waals surface area contributed by atoms with Gasteiger partial charge in [-0.25, -0.2) is 9.80 Å². The number of hydrogen-bond donors (Lipinski definition) is 1. The Morgan fingerprint density at radius 2 is 1.90 bits per heavy atom. The molecule has 3 aliphatic rings. The number of fused-ring (bicyclic) bond motifs is 2. The molecule has 8 heteroatoms. The van der Waals surface area contributed by atoms with Gasteiger partial charge in [0.25, 0.3) is 0 Å². The van der Waals surface area contributed by atoms with Crippen molar-refractivity contribution in [3.05, 3.63) is 40.6 Å². The molecule has 4 heterocycles. The van der Waals surface area contributed by atoms with Crippen molar-refractivity contribution in [1.82, 2.24) is 19.7 Å². The van der Waals surface area contributed by atoms with E-state index in [1.807, 2.05) is 46.0 Å². The van der Waals surface area contributed by atoms with E-state index in [4.69, 9.17) is 4.74 Å². The molecule has 4 atom stereocenters. The number of halogens is 1. The number of aromatic nitrogens is 1. The third-order valence-electron chi connectivity index (χ3n) is 6.20. The van der Waals surface area contributed by atoms with Crippen LogP contribution in [0.2, 0.25) is 0 Å². The van der Waals surface area contributed by atoms with Crippen molar-refractivity contribution in [2.24, 2.45) is 17.8 Å². The molecule has 0 spiro atoms. The van der Waals surface area contributed by atoms with E-state index >= 15 is 0 Å². The van der Waals surface area contributed by atoms with Crippen molar-refractivity contribution in [1.29, 1.82) is 0 Å². The number of piperidine rings is 1. The molecule has 29 heavy (non-hydrogen) atoms. The number of ether oxygens (including phenoxy) is 1. The number of hydrazine groups is 1. The second-order valence-corrected chi connectivity index (χ2v) is 10.4. The lowest BCUT2D eigenvalue weighted by molar-refractivity contribution is -0.129. The molecule has 154 valence electrons. The summed E-state index contributed by atoms with van der Waals surface area (Å²) in [6.45, 7) is 8.83. The molecule has 2 saturated heterocycles. The number of amides is 2. The summed E-state index contributed by atoms with van der Waals surface area (Å²) in [6, 6.07) is 6.15. The van der Waals surface area contributed by atoms with Gasteiger partial charge in [0.2, 0.25) is 5.91 Å². The van der Waals surface area contributed by atoms with E-state index in [0.29, 0.717) is 13.1 Å². The van der Waals surface area contributed by atoms with Gasteiger partial charge in [0, 0.05) is 47.0 Å². The highest BCUT2D eigenvalue weighted by Crippen LogP contribution is 2.54. The summed E-state index contributed by atoms with van der Waals surface area (Å²) in [5, 5.41) is 1.75. The van der Waals surface area contributed by atoms with E-state index in [-0.39, 0.29) is 29.8 Å². The Balaban J connectivity index is 1.23. The molecule has 5 rings (SSSR count). The SMILES string of the molecule is CC(C)(C)OC(=O)N1C[C@@H]2C(C(=O)N3NC3(C)c3cc4ccc(Br)cn4c3)[C@@H]2C1. The highest BCUT2D eigenvalue weighted by Gasteiger charge is 2.66. The van der Waals surface area contributed by atoms with Gasteiger partial charge >= 0.3 is 6.09 Å². The molecule has 2 unspecified atom stereocenters. The lowest BCUT2D eigenvalue weighted by Crippen LogP contribution is -2.38. The molecule has 2 aromatic heterocycles. The third kappa shape index (κ3) is 3.13. The molecular formula is C21H25BrN4O3. The summed E-state index contributed by atoms with van der Waals surface area (Å²) in [4.78, 5) is 27.0. The largest absolute Gasteiger partial charge is 0.444 e. The normalized spacial score (nSPS) is 30.4. The van der Waals surface area contributed by atoms with Crippen LogP contribution in [-0.4, -0.2) is 45.0 Å². The van der Waals surface area contributed by atoms with Crippen LogP contribution in [0.1, 0.15) is 33.3 Å². The summed E-state index contributed by atoms with van der Waals surface area (Å²) in [7, 11) is 0. The first-order chi connectivity index (χ1) is 13.6. The van der Waals surface area contributed by atoms with Gasteiger partial charge in [0.1, 0.15) is 11.3 Å². The Bertz CT molecular complexity index is 1020. The number of rotatable bonds is 2. The number of carbonyl (C=O) groups excluding carboxylic acids is 2. The van der Waals surface area contributed by atoms with Crippen LogP contribution in [0.5, 0.6) is 0 Å². The average Bonchev–Trinajstić information content (AvgIpc) is 3.34. The summed E-state index contributed by atoms with van der Waals surface area (Å²) >= 11 is 3.49. The number of nitrogens with one attached hydrogen (secondary N) is 1. The van der Waals surface area contributed by atoms with E-state index in [9.17, 15) is 9.59 Å². The minimum absolute atomic E-state index is 0.00538. The van der Waals surface area contributed by atoms with E-state index in [2.05, 4.69) is 38.0 Å². The number of carbonyl (C=O) groups is 2. The Kier molecular flexibility index (Phi) is 3.91. The highest BCUT2D eigenvalue weighted by atomic mass is 79.9. The van der Waals surface area contributed by atoms with E-state index in [1.165, 1.54) is 0 Å². The van der Waals surface area contributed by atoms with Crippen LogP contribution in [0.3, 0.4) is 0 Å². The van der Waals surface area contributed by atoms with E-state index < -0.39 is 11.3 Å². The molecule has 0 aromatic carbocycles. The second kappa shape index (κ2) is 5.98. The monoisotopic (exact) mass is 460 g/mol. The molecule has 3 fully saturated rings. The lowest BCUT2D eigenvalue weighted by atomic mass is 10.1. The Labute approximate surface area is 178 Å². The first kappa shape index (κ1) is 18.9. The Hall–Kier alpha value is -2.06. The maximum atomic E-state index is 13.1. The van der Waals surface area contributed by atoms with Crippen molar-refractivity contribution >= 4 is 33.4 Å². The van der Waals surface area contributed by atoms with Crippen molar-refractivity contribution < 1.29 is 14.3 Å². The van der Waals surface area contributed by atoms with Gasteiger partial charge in [0.05, 0.1) is 0 Å². The predicted octanol–water partition coefficient (Wildman–Crippen LogP) is 3.33. The van der Waals surface area contributed by atoms with Crippen LogP contribution in [0.15, 0.2) is 35.1 Å². The zero-order valence-electron chi connectivity index (χ0n) is 17.0. The topological polar surface area (TPSA) is 76.0 Å². The molecule has 1 saturated carbocycles. The zero-order chi connectivity index (χ0) is 20.7. The van der Waals surface area contributed by atoms with Crippen molar-refractivity contribution in [3.8, 4) is 0 Å². The maximum absolute atomic E-state index is 13.1. The Morgan fingerprint density at radius 3 is 2.55 bits per heavy atom. The lowest BCUT2D eigenvalue weighted by Gasteiger charge is -2.25. The molecule has 2 amide bonds. The van der Waals surface area contributed by atoms with Crippen molar-refractivity contribution in [3.63, 3.8) is 0 Å². The summed E-state index contributed by atoms with van der Waals surface area (Å²) in [5.74, 6) is 0.605. The van der Waals surface area contributed by atoms with Gasteiger partial charge in [-0.3, -0.25) is 4.79 Å². The molecule has 1 aliphatic carbocycles. The van der Waals surface area contributed by atoms with Gasteiger partial charge in [0.15, 0.2) is 0 Å². The third-order valence-corrected chi connectivity index (χ3v) is 6.66. The first-order valence-corrected chi connectivity index (χ1v) is 10.7. The van der Waals surface area contributed by atoms with Gasteiger partial charge in [-0.15, -0.1) is 0 Å². The number of pyridine rings is 1. The quantitative estimate of drug-likeness (QED) is 0.697. The van der Waals surface area contributed by atoms with Gasteiger partial charge < -0.3 is 14.0 Å². The number of nitrogens with zero attached hydrogens (tertiary/aromatic N) is 3. The number of hydrogen-bond acceptors (Lipinski definition) is 4. The first-order valence-electron chi connectivity index (χ1n) is 9.94.